The van der Waals surface area contributed by atoms with E-state index in [4.69, 9.17) is 0 Å². The number of nitrogens with zero attached hydrogens (tertiary/aromatic N) is 4. The smallest absolute Gasteiger partial charge is 0.266 e. The summed E-state index contributed by atoms with van der Waals surface area (Å²) in [6, 6.07) is 10.4. The van der Waals surface area contributed by atoms with Gasteiger partial charge in [-0.1, -0.05) is 12.1 Å². The molecule has 7 nitrogen and oxygen atoms in total. The molecule has 0 saturated heterocycles. The number of carbonyl (C=O) groups is 1. The normalized spacial score (nSPS) is 10.5. The van der Waals surface area contributed by atoms with Crippen LogP contribution in [0.3, 0.4) is 0 Å². The van der Waals surface area contributed by atoms with Gasteiger partial charge in [0.2, 0.25) is 0 Å². The Hall–Kier alpha value is -3.29. The topological polar surface area (TPSA) is 81.8 Å². The van der Waals surface area contributed by atoms with Gasteiger partial charge in [-0.3, -0.25) is 9.59 Å². The summed E-state index contributed by atoms with van der Waals surface area (Å²) < 4.78 is 16.3. The van der Waals surface area contributed by atoms with Crippen LogP contribution < -0.4 is 10.9 Å². The first-order valence-electron chi connectivity index (χ1n) is 7.26. The van der Waals surface area contributed by atoms with E-state index in [1.807, 2.05) is 0 Å². The first-order valence-corrected chi connectivity index (χ1v) is 7.26. The molecule has 3 rings (SSSR count). The molecule has 0 saturated carbocycles. The molecule has 0 spiro atoms. The van der Waals surface area contributed by atoms with Crippen molar-refractivity contribution in [2.24, 2.45) is 0 Å². The van der Waals surface area contributed by atoms with Crippen LogP contribution in [0.1, 0.15) is 10.4 Å². The summed E-state index contributed by atoms with van der Waals surface area (Å²) in [6.45, 7) is 0.302. The lowest BCUT2D eigenvalue weighted by molar-refractivity contribution is 0.0947. The van der Waals surface area contributed by atoms with Crippen LogP contribution >= 0.6 is 0 Å². The molecule has 0 unspecified atom stereocenters. The largest absolute Gasteiger partial charge is 0.350 e. The van der Waals surface area contributed by atoms with Gasteiger partial charge in [0.1, 0.15) is 5.82 Å². The monoisotopic (exact) mass is 327 g/mol. The van der Waals surface area contributed by atoms with Crippen LogP contribution in [0.25, 0.3) is 5.82 Å². The Bertz CT molecular complexity index is 905. The van der Waals surface area contributed by atoms with Gasteiger partial charge in [-0.05, 0) is 24.3 Å². The van der Waals surface area contributed by atoms with Crippen LogP contribution in [-0.4, -0.2) is 32.0 Å². The third-order valence-electron chi connectivity index (χ3n) is 3.32. The molecule has 1 N–H and O–H groups in total. The summed E-state index contributed by atoms with van der Waals surface area (Å²) >= 11 is 0. The first-order chi connectivity index (χ1) is 11.6. The molecule has 0 aliphatic rings. The molecular formula is C16H14FN5O2. The number of nitrogens with one attached hydrogen (secondary N) is 1. The maximum Gasteiger partial charge on any atom is 0.266 e. The quantitative estimate of drug-likeness (QED) is 0.758. The molecule has 1 amide bonds. The molecule has 122 valence electrons. The molecule has 0 aliphatic carbocycles. The second kappa shape index (κ2) is 6.86. The average Bonchev–Trinajstić information content (AvgIpc) is 3.11. The Morgan fingerprint density at radius 3 is 2.75 bits per heavy atom. The van der Waals surface area contributed by atoms with E-state index in [2.05, 4.69) is 15.5 Å². The van der Waals surface area contributed by atoms with E-state index in [0.717, 1.165) is 0 Å². The van der Waals surface area contributed by atoms with Crippen LogP contribution in [0, 0.1) is 5.82 Å². The number of aromatic nitrogens is 4. The molecule has 2 heterocycles. The lowest BCUT2D eigenvalue weighted by Gasteiger charge is -2.08. The number of amides is 1. The predicted octanol–water partition coefficient (Wildman–Crippen LogP) is 0.998. The van der Waals surface area contributed by atoms with E-state index in [0.29, 0.717) is 5.82 Å². The summed E-state index contributed by atoms with van der Waals surface area (Å²) in [4.78, 5) is 23.8. The number of carbonyl (C=O) groups excluding carboxylic acids is 1. The standard InChI is InChI=1S/C16H14FN5O2/c17-13-5-2-1-4-12(13)16(24)18-9-11-22-15(23)7-6-14(20-22)21-10-3-8-19-21/h1-8,10H,9,11H2,(H,18,24). The van der Waals surface area contributed by atoms with Crippen molar-refractivity contribution in [3.05, 3.63) is 76.6 Å². The lowest BCUT2D eigenvalue weighted by Crippen LogP contribution is -2.32. The fraction of sp³-hybridized carbons (Fsp3) is 0.125. The Kier molecular flexibility index (Phi) is 4.46. The minimum absolute atomic E-state index is 0.0388. The SMILES string of the molecule is O=C(NCCn1nc(-n2cccn2)ccc1=O)c1ccccc1F. The Morgan fingerprint density at radius 2 is 2.00 bits per heavy atom. The van der Waals surface area contributed by atoms with Crippen LogP contribution in [0.5, 0.6) is 0 Å². The van der Waals surface area contributed by atoms with E-state index >= 15 is 0 Å². The minimum atomic E-state index is -0.592. The van der Waals surface area contributed by atoms with Crippen LogP contribution in [-0.2, 0) is 6.54 Å². The van der Waals surface area contributed by atoms with Gasteiger partial charge < -0.3 is 5.32 Å². The molecule has 8 heteroatoms. The zero-order chi connectivity index (χ0) is 16.9. The fourth-order valence-corrected chi connectivity index (χ4v) is 2.14. The summed E-state index contributed by atoms with van der Waals surface area (Å²) in [5.74, 6) is -0.643. The number of halogens is 1. The van der Waals surface area contributed by atoms with Gasteiger partial charge in [0.25, 0.3) is 11.5 Å². The lowest BCUT2D eigenvalue weighted by atomic mass is 10.2. The molecule has 2 aromatic heterocycles. The summed E-state index contributed by atoms with van der Waals surface area (Å²) in [5.41, 5.74) is -0.339. The van der Waals surface area contributed by atoms with Crippen LogP contribution in [0.4, 0.5) is 4.39 Å². The van der Waals surface area contributed by atoms with E-state index in [-0.39, 0.29) is 24.2 Å². The van der Waals surface area contributed by atoms with E-state index in [1.165, 1.54) is 33.6 Å². The summed E-state index contributed by atoms with van der Waals surface area (Å²) in [6.07, 6.45) is 3.31. The summed E-state index contributed by atoms with van der Waals surface area (Å²) in [7, 11) is 0. The third-order valence-corrected chi connectivity index (χ3v) is 3.32. The second-order valence-corrected chi connectivity index (χ2v) is 4.94. The van der Waals surface area contributed by atoms with Crippen molar-refractivity contribution in [3.63, 3.8) is 0 Å². The number of rotatable bonds is 5. The van der Waals surface area contributed by atoms with E-state index in [9.17, 15) is 14.0 Å². The number of hydrogen-bond donors (Lipinski definition) is 1. The fourth-order valence-electron chi connectivity index (χ4n) is 2.14. The van der Waals surface area contributed by atoms with Gasteiger partial charge in [0, 0.05) is 25.0 Å². The predicted molar refractivity (Wildman–Crippen MR) is 84.4 cm³/mol. The van der Waals surface area contributed by atoms with Gasteiger partial charge in [-0.25, -0.2) is 13.8 Å². The highest BCUT2D eigenvalue weighted by molar-refractivity contribution is 5.94. The zero-order valence-electron chi connectivity index (χ0n) is 12.6. The Balaban J connectivity index is 1.67. The molecule has 0 aliphatic heterocycles. The van der Waals surface area contributed by atoms with Gasteiger partial charge >= 0.3 is 0 Å². The maximum absolute atomic E-state index is 13.5. The van der Waals surface area contributed by atoms with Crippen molar-refractivity contribution in [2.45, 2.75) is 6.54 Å². The maximum atomic E-state index is 13.5. The molecule has 0 atom stereocenters. The van der Waals surface area contributed by atoms with E-state index < -0.39 is 11.7 Å². The minimum Gasteiger partial charge on any atom is -0.350 e. The summed E-state index contributed by atoms with van der Waals surface area (Å²) in [5, 5.41) is 10.8. The van der Waals surface area contributed by atoms with Crippen LogP contribution in [0.2, 0.25) is 0 Å². The third kappa shape index (κ3) is 3.37. The van der Waals surface area contributed by atoms with Gasteiger partial charge in [0.05, 0.1) is 12.1 Å². The van der Waals surface area contributed by atoms with Crippen molar-refractivity contribution >= 4 is 5.91 Å². The molecule has 3 aromatic rings. The highest BCUT2D eigenvalue weighted by Crippen LogP contribution is 2.05. The number of hydrogen-bond acceptors (Lipinski definition) is 4. The molecule has 0 fully saturated rings. The van der Waals surface area contributed by atoms with Crippen molar-refractivity contribution < 1.29 is 9.18 Å². The van der Waals surface area contributed by atoms with Crippen molar-refractivity contribution in [1.82, 2.24) is 24.9 Å². The van der Waals surface area contributed by atoms with Gasteiger partial charge in [-0.15, -0.1) is 5.10 Å². The second-order valence-electron chi connectivity index (χ2n) is 4.94. The molecular weight excluding hydrogens is 313 g/mol. The average molecular weight is 327 g/mol. The highest BCUT2D eigenvalue weighted by atomic mass is 19.1. The Morgan fingerprint density at radius 1 is 1.17 bits per heavy atom. The van der Waals surface area contributed by atoms with Gasteiger partial charge in [-0.2, -0.15) is 5.10 Å². The van der Waals surface area contributed by atoms with Gasteiger partial charge in [0.15, 0.2) is 5.82 Å². The molecule has 0 bridgehead atoms. The molecule has 24 heavy (non-hydrogen) atoms. The van der Waals surface area contributed by atoms with E-state index in [1.54, 1.807) is 30.6 Å². The molecule has 1 aromatic carbocycles. The number of benzene rings is 1. The first kappa shape index (κ1) is 15.6. The zero-order valence-corrected chi connectivity index (χ0v) is 12.6. The van der Waals surface area contributed by atoms with Crippen molar-refractivity contribution in [1.29, 1.82) is 0 Å². The van der Waals surface area contributed by atoms with Crippen molar-refractivity contribution in [3.8, 4) is 5.82 Å². The molecule has 0 radical (unpaired) electrons. The van der Waals surface area contributed by atoms with Crippen molar-refractivity contribution in [2.75, 3.05) is 6.54 Å². The van der Waals surface area contributed by atoms with Crippen LogP contribution in [0.15, 0.2) is 59.7 Å². The Labute approximate surface area is 136 Å². The highest BCUT2D eigenvalue weighted by Gasteiger charge is 2.10.